The Morgan fingerprint density at radius 1 is 1.43 bits per heavy atom. The molecule has 0 amide bonds. The van der Waals surface area contributed by atoms with E-state index in [4.69, 9.17) is 9.47 Å². The Balaban J connectivity index is 2.38. The number of esters is 1. The van der Waals surface area contributed by atoms with Crippen molar-refractivity contribution in [1.82, 2.24) is 0 Å². The van der Waals surface area contributed by atoms with Crippen molar-refractivity contribution in [3.63, 3.8) is 0 Å². The van der Waals surface area contributed by atoms with Crippen molar-refractivity contribution in [3.8, 4) is 11.5 Å². The van der Waals surface area contributed by atoms with Crippen LogP contribution in [0.2, 0.25) is 0 Å². The number of benzene rings is 1. The first kappa shape index (κ1) is 16.3. The summed E-state index contributed by atoms with van der Waals surface area (Å²) >= 11 is 0. The van der Waals surface area contributed by atoms with E-state index in [1.807, 2.05) is 0 Å². The van der Waals surface area contributed by atoms with Gasteiger partial charge in [0.25, 0.3) is 5.09 Å². The van der Waals surface area contributed by atoms with Crippen LogP contribution in [-0.2, 0) is 14.4 Å². The summed E-state index contributed by atoms with van der Waals surface area (Å²) in [5, 5.41) is 18.4. The molecular formula is C13H15NO7. The van der Waals surface area contributed by atoms with Gasteiger partial charge in [0.05, 0.1) is 20.3 Å². The second-order valence-corrected chi connectivity index (χ2v) is 3.84. The van der Waals surface area contributed by atoms with Crippen LogP contribution in [0.25, 0.3) is 6.08 Å². The van der Waals surface area contributed by atoms with Gasteiger partial charge in [0.15, 0.2) is 11.5 Å². The van der Waals surface area contributed by atoms with Crippen molar-refractivity contribution < 1.29 is 29.3 Å². The number of ether oxygens (including phenoxy) is 2. The minimum absolute atomic E-state index is 0.00279. The van der Waals surface area contributed by atoms with E-state index >= 15 is 0 Å². The van der Waals surface area contributed by atoms with E-state index in [2.05, 4.69) is 4.84 Å². The average molecular weight is 297 g/mol. The minimum atomic E-state index is -0.903. The first-order valence-electron chi connectivity index (χ1n) is 6.02. The van der Waals surface area contributed by atoms with Crippen molar-refractivity contribution in [2.45, 2.75) is 6.42 Å². The Kier molecular flexibility index (Phi) is 6.52. The van der Waals surface area contributed by atoms with Crippen LogP contribution in [0, 0.1) is 10.1 Å². The van der Waals surface area contributed by atoms with E-state index in [1.54, 1.807) is 12.1 Å². The average Bonchev–Trinajstić information content (AvgIpc) is 2.45. The van der Waals surface area contributed by atoms with Gasteiger partial charge in [-0.25, -0.2) is 4.79 Å². The molecule has 0 atom stereocenters. The molecule has 0 aliphatic carbocycles. The fourth-order valence-corrected chi connectivity index (χ4v) is 1.38. The molecule has 0 fully saturated rings. The lowest BCUT2D eigenvalue weighted by Gasteiger charge is -2.04. The van der Waals surface area contributed by atoms with Crippen molar-refractivity contribution in [1.29, 1.82) is 0 Å². The zero-order chi connectivity index (χ0) is 15.7. The molecule has 0 aliphatic heterocycles. The minimum Gasteiger partial charge on any atom is -0.504 e. The summed E-state index contributed by atoms with van der Waals surface area (Å²) in [6.07, 6.45) is 2.94. The van der Waals surface area contributed by atoms with Gasteiger partial charge in [-0.2, -0.15) is 0 Å². The highest BCUT2D eigenvalue weighted by Gasteiger charge is 2.02. The van der Waals surface area contributed by atoms with Crippen LogP contribution < -0.4 is 4.74 Å². The normalized spacial score (nSPS) is 10.3. The van der Waals surface area contributed by atoms with Crippen LogP contribution in [0.3, 0.4) is 0 Å². The van der Waals surface area contributed by atoms with Gasteiger partial charge in [-0.05, 0) is 23.8 Å². The zero-order valence-electron chi connectivity index (χ0n) is 11.4. The van der Waals surface area contributed by atoms with Crippen LogP contribution >= 0.6 is 0 Å². The summed E-state index contributed by atoms with van der Waals surface area (Å²) in [6.45, 7) is -0.102. The maximum atomic E-state index is 11.4. The smallest absolute Gasteiger partial charge is 0.330 e. The molecule has 114 valence electrons. The van der Waals surface area contributed by atoms with E-state index in [-0.39, 0.29) is 25.4 Å². The molecule has 0 saturated heterocycles. The van der Waals surface area contributed by atoms with Crippen molar-refractivity contribution in [3.05, 3.63) is 40.0 Å². The van der Waals surface area contributed by atoms with Gasteiger partial charge in [0.1, 0.15) is 0 Å². The molecule has 0 aromatic heterocycles. The van der Waals surface area contributed by atoms with E-state index < -0.39 is 11.1 Å². The summed E-state index contributed by atoms with van der Waals surface area (Å²) in [7, 11) is 1.42. The van der Waals surface area contributed by atoms with Crippen LogP contribution in [0.5, 0.6) is 11.5 Å². The zero-order valence-corrected chi connectivity index (χ0v) is 11.4. The monoisotopic (exact) mass is 297 g/mol. The van der Waals surface area contributed by atoms with Gasteiger partial charge in [-0.1, -0.05) is 6.07 Å². The van der Waals surface area contributed by atoms with E-state index in [0.717, 1.165) is 0 Å². The lowest BCUT2D eigenvalue weighted by molar-refractivity contribution is -0.757. The molecule has 1 aromatic carbocycles. The van der Waals surface area contributed by atoms with Crippen LogP contribution in [-0.4, -0.2) is 36.5 Å². The van der Waals surface area contributed by atoms with E-state index in [1.165, 1.54) is 25.3 Å². The van der Waals surface area contributed by atoms with Gasteiger partial charge < -0.3 is 19.4 Å². The molecule has 0 heterocycles. The number of methoxy groups -OCH3 is 1. The maximum absolute atomic E-state index is 11.4. The first-order chi connectivity index (χ1) is 10.0. The maximum Gasteiger partial charge on any atom is 0.330 e. The number of phenolic OH excluding ortho intramolecular Hbond substituents is 1. The predicted molar refractivity (Wildman–Crippen MR) is 72.2 cm³/mol. The summed E-state index contributed by atoms with van der Waals surface area (Å²) in [6, 6.07) is 4.61. The first-order valence-corrected chi connectivity index (χ1v) is 6.02. The Bertz CT molecular complexity index is 527. The van der Waals surface area contributed by atoms with Crippen molar-refractivity contribution in [2.24, 2.45) is 0 Å². The lowest BCUT2D eigenvalue weighted by Crippen LogP contribution is -2.07. The third-order valence-corrected chi connectivity index (χ3v) is 2.35. The molecule has 8 nitrogen and oxygen atoms in total. The number of carbonyl (C=O) groups is 1. The highest BCUT2D eigenvalue weighted by molar-refractivity contribution is 5.87. The van der Waals surface area contributed by atoms with Crippen LogP contribution in [0.4, 0.5) is 0 Å². The van der Waals surface area contributed by atoms with Gasteiger partial charge in [0.2, 0.25) is 0 Å². The molecule has 0 radical (unpaired) electrons. The number of hydrogen-bond donors (Lipinski definition) is 1. The van der Waals surface area contributed by atoms with Crippen molar-refractivity contribution in [2.75, 3.05) is 20.3 Å². The quantitative estimate of drug-likeness (QED) is 0.255. The Hall–Kier alpha value is -2.77. The van der Waals surface area contributed by atoms with Crippen molar-refractivity contribution >= 4 is 12.0 Å². The fraction of sp³-hybridized carbons (Fsp3) is 0.308. The van der Waals surface area contributed by atoms with E-state index in [0.29, 0.717) is 11.3 Å². The highest BCUT2D eigenvalue weighted by atomic mass is 16.9. The van der Waals surface area contributed by atoms with Gasteiger partial charge in [-0.3, -0.25) is 0 Å². The second kappa shape index (κ2) is 8.41. The SMILES string of the molecule is COc1cc(/C=C/C(=O)OCCCO[N+](=O)[O-])ccc1O. The number of aromatic hydroxyl groups is 1. The third kappa shape index (κ3) is 6.28. The molecule has 0 spiro atoms. The number of phenols is 1. The molecule has 0 saturated carbocycles. The summed E-state index contributed by atoms with van der Waals surface area (Å²) in [5.74, 6) is -0.284. The lowest BCUT2D eigenvalue weighted by atomic mass is 10.2. The number of hydrogen-bond acceptors (Lipinski definition) is 7. The summed E-state index contributed by atoms with van der Waals surface area (Å²) in [4.78, 5) is 25.3. The second-order valence-electron chi connectivity index (χ2n) is 3.84. The van der Waals surface area contributed by atoms with Gasteiger partial charge in [0, 0.05) is 12.5 Å². The number of nitrogens with zero attached hydrogens (tertiary/aromatic N) is 1. The Labute approximate surface area is 120 Å². The molecule has 0 unspecified atom stereocenters. The molecule has 21 heavy (non-hydrogen) atoms. The molecule has 1 aromatic rings. The highest BCUT2D eigenvalue weighted by Crippen LogP contribution is 2.26. The molecule has 1 N–H and O–H groups in total. The van der Waals surface area contributed by atoms with Crippen LogP contribution in [0.15, 0.2) is 24.3 Å². The molecule has 0 aliphatic rings. The largest absolute Gasteiger partial charge is 0.504 e. The molecular weight excluding hydrogens is 282 g/mol. The standard InChI is InChI=1S/C13H15NO7/c1-19-12-9-10(3-5-11(12)15)4-6-13(16)20-7-2-8-21-14(17)18/h3-6,9,15H,2,7-8H2,1H3/b6-4+. The topological polar surface area (TPSA) is 108 Å². The van der Waals surface area contributed by atoms with E-state index in [9.17, 15) is 20.0 Å². The summed E-state index contributed by atoms with van der Waals surface area (Å²) in [5.41, 5.74) is 0.651. The fourth-order valence-electron chi connectivity index (χ4n) is 1.38. The Morgan fingerprint density at radius 2 is 2.19 bits per heavy atom. The number of carbonyl (C=O) groups excluding carboxylic acids is 1. The predicted octanol–water partition coefficient (Wildman–Crippen LogP) is 1.56. The number of rotatable bonds is 8. The molecule has 1 rings (SSSR count). The Morgan fingerprint density at radius 3 is 2.86 bits per heavy atom. The van der Waals surface area contributed by atoms with Gasteiger partial charge >= 0.3 is 5.97 Å². The summed E-state index contributed by atoms with van der Waals surface area (Å²) < 4.78 is 9.75. The molecule has 0 bridgehead atoms. The van der Waals surface area contributed by atoms with Crippen LogP contribution in [0.1, 0.15) is 12.0 Å². The molecule has 8 heteroatoms. The third-order valence-electron chi connectivity index (χ3n) is 2.35. The van der Waals surface area contributed by atoms with Gasteiger partial charge in [-0.15, -0.1) is 10.1 Å².